The fourth-order valence-corrected chi connectivity index (χ4v) is 6.42. The van der Waals surface area contributed by atoms with Gasteiger partial charge in [0, 0.05) is 42.3 Å². The first-order chi connectivity index (χ1) is 15.4. The summed E-state index contributed by atoms with van der Waals surface area (Å²) < 4.78 is 0. The van der Waals surface area contributed by atoms with Crippen molar-refractivity contribution in [2.75, 3.05) is 36.5 Å². The van der Waals surface area contributed by atoms with E-state index in [2.05, 4.69) is 37.8 Å². The molecular weight excluding hydrogens is 460 g/mol. The first-order valence-corrected chi connectivity index (χ1v) is 12.8. The highest BCUT2D eigenvalue weighted by Gasteiger charge is 2.38. The molecule has 0 N–H and O–H groups in total. The molecule has 32 heavy (non-hydrogen) atoms. The molecule has 2 aromatic rings. The number of anilines is 2. The van der Waals surface area contributed by atoms with Crippen molar-refractivity contribution in [3.8, 4) is 0 Å². The Morgan fingerprint density at radius 2 is 1.81 bits per heavy atom. The highest BCUT2D eigenvalue weighted by atomic mass is 35.5. The van der Waals surface area contributed by atoms with Crippen LogP contribution >= 0.6 is 35.1 Å². The van der Waals surface area contributed by atoms with Crippen LogP contribution < -0.4 is 9.80 Å². The molecule has 2 aromatic carbocycles. The number of benzene rings is 2. The van der Waals surface area contributed by atoms with Crippen molar-refractivity contribution >= 4 is 63.3 Å². The Labute approximate surface area is 203 Å². The molecule has 1 fully saturated rings. The van der Waals surface area contributed by atoms with Gasteiger partial charge < -0.3 is 9.80 Å². The van der Waals surface area contributed by atoms with Gasteiger partial charge in [-0.25, -0.2) is 4.99 Å². The van der Waals surface area contributed by atoms with Crippen LogP contribution in [0, 0.1) is 6.92 Å². The molecule has 168 valence electrons. The SMILES string of the molecule is CCN1C(=O)/C(=C2/Sc3ccc(Cl)cc3N2C)SC1=Nc1ccc(N(CC)CC)cc1C. The van der Waals surface area contributed by atoms with Crippen LogP contribution in [0.2, 0.25) is 5.02 Å². The number of amides is 1. The molecule has 0 atom stereocenters. The largest absolute Gasteiger partial charge is 0.372 e. The molecule has 2 aliphatic rings. The maximum Gasteiger partial charge on any atom is 0.269 e. The lowest BCUT2D eigenvalue weighted by molar-refractivity contribution is -0.122. The summed E-state index contributed by atoms with van der Waals surface area (Å²) in [5.74, 6) is 0.00178. The van der Waals surface area contributed by atoms with E-state index in [9.17, 15) is 4.79 Å². The van der Waals surface area contributed by atoms with Crippen molar-refractivity contribution in [1.29, 1.82) is 0 Å². The van der Waals surface area contributed by atoms with Gasteiger partial charge in [-0.05, 0) is 81.4 Å². The summed E-state index contributed by atoms with van der Waals surface area (Å²) >= 11 is 9.25. The fraction of sp³-hybridized carbons (Fsp3) is 0.333. The number of thioether (sulfide) groups is 2. The fourth-order valence-electron chi connectivity index (χ4n) is 3.87. The Morgan fingerprint density at radius 1 is 1.06 bits per heavy atom. The van der Waals surface area contributed by atoms with E-state index in [4.69, 9.17) is 16.6 Å². The van der Waals surface area contributed by atoms with E-state index in [1.54, 1.807) is 16.7 Å². The summed E-state index contributed by atoms with van der Waals surface area (Å²) in [5.41, 5.74) is 4.21. The van der Waals surface area contributed by atoms with Gasteiger partial charge in [0.2, 0.25) is 0 Å². The van der Waals surface area contributed by atoms with Crippen molar-refractivity contribution in [2.24, 2.45) is 4.99 Å². The molecule has 5 nitrogen and oxygen atoms in total. The van der Waals surface area contributed by atoms with E-state index in [0.717, 1.165) is 45.1 Å². The molecule has 0 bridgehead atoms. The third-order valence-electron chi connectivity index (χ3n) is 5.69. The average Bonchev–Trinajstić information content (AvgIpc) is 3.26. The van der Waals surface area contributed by atoms with Crippen LogP contribution in [0.15, 0.2) is 56.2 Å². The van der Waals surface area contributed by atoms with Crippen molar-refractivity contribution in [1.82, 2.24) is 4.90 Å². The van der Waals surface area contributed by atoms with Crippen LogP contribution in [0.5, 0.6) is 0 Å². The number of amidine groups is 1. The number of carbonyl (C=O) groups is 1. The summed E-state index contributed by atoms with van der Waals surface area (Å²) in [7, 11) is 1.98. The summed E-state index contributed by atoms with van der Waals surface area (Å²) in [5, 5.41) is 2.34. The normalized spacial score (nSPS) is 19.3. The number of halogens is 1. The summed E-state index contributed by atoms with van der Waals surface area (Å²) in [6.07, 6.45) is 0. The summed E-state index contributed by atoms with van der Waals surface area (Å²) in [4.78, 5) is 26.1. The number of aliphatic imine (C=N–C) groups is 1. The van der Waals surface area contributed by atoms with Gasteiger partial charge >= 0.3 is 0 Å². The quantitative estimate of drug-likeness (QED) is 0.452. The second kappa shape index (κ2) is 9.41. The monoisotopic (exact) mass is 486 g/mol. The molecule has 1 amide bonds. The van der Waals surface area contributed by atoms with Gasteiger partial charge in [-0.2, -0.15) is 0 Å². The van der Waals surface area contributed by atoms with Crippen molar-refractivity contribution in [3.63, 3.8) is 0 Å². The number of hydrogen-bond donors (Lipinski definition) is 0. The van der Waals surface area contributed by atoms with E-state index < -0.39 is 0 Å². The first kappa shape index (κ1) is 23.1. The van der Waals surface area contributed by atoms with Gasteiger partial charge in [0.25, 0.3) is 5.91 Å². The zero-order valence-corrected chi connectivity index (χ0v) is 21.4. The number of nitrogens with zero attached hydrogens (tertiary/aromatic N) is 4. The number of likely N-dealkylation sites (N-methyl/N-ethyl adjacent to an activating group) is 1. The predicted molar refractivity (Wildman–Crippen MR) is 140 cm³/mol. The number of fused-ring (bicyclic) bond motifs is 1. The van der Waals surface area contributed by atoms with Crippen LogP contribution in [-0.4, -0.2) is 42.7 Å². The van der Waals surface area contributed by atoms with Gasteiger partial charge in [-0.15, -0.1) is 0 Å². The molecule has 0 saturated carbocycles. The van der Waals surface area contributed by atoms with Crippen molar-refractivity contribution in [2.45, 2.75) is 32.6 Å². The second-order valence-corrected chi connectivity index (χ2v) is 10.0. The standard InChI is InChI=1S/C24H27ClN4OS2/c1-6-28(7-2)17-10-11-18(15(4)13-17)26-24-29(8-3)22(30)21(32-24)23-27(5)19-14-16(25)9-12-20(19)31-23/h9-14H,6-8H2,1-5H3/b23-21-,26-24?. The molecule has 0 spiro atoms. The topological polar surface area (TPSA) is 39.2 Å². The maximum absolute atomic E-state index is 13.3. The van der Waals surface area contributed by atoms with Gasteiger partial charge in [0.05, 0.1) is 16.4 Å². The summed E-state index contributed by atoms with van der Waals surface area (Å²) in [6.45, 7) is 10.9. The zero-order chi connectivity index (χ0) is 23.0. The molecule has 2 heterocycles. The Kier molecular flexibility index (Phi) is 6.79. The van der Waals surface area contributed by atoms with E-state index in [1.807, 2.05) is 43.1 Å². The van der Waals surface area contributed by atoms with E-state index in [1.165, 1.54) is 17.4 Å². The van der Waals surface area contributed by atoms with Crippen LogP contribution in [0.25, 0.3) is 0 Å². The minimum absolute atomic E-state index is 0.00178. The Morgan fingerprint density at radius 3 is 2.47 bits per heavy atom. The average molecular weight is 487 g/mol. The molecule has 0 unspecified atom stereocenters. The number of rotatable bonds is 5. The van der Waals surface area contributed by atoms with Crippen LogP contribution in [0.1, 0.15) is 26.3 Å². The van der Waals surface area contributed by atoms with Crippen LogP contribution in [-0.2, 0) is 4.79 Å². The Bertz CT molecular complexity index is 1130. The van der Waals surface area contributed by atoms with Gasteiger partial charge in [-0.1, -0.05) is 23.4 Å². The minimum atomic E-state index is 0.00178. The van der Waals surface area contributed by atoms with E-state index in [0.29, 0.717) is 16.5 Å². The van der Waals surface area contributed by atoms with Gasteiger partial charge in [0.1, 0.15) is 4.91 Å². The zero-order valence-electron chi connectivity index (χ0n) is 19.0. The molecule has 0 aliphatic carbocycles. The minimum Gasteiger partial charge on any atom is -0.372 e. The predicted octanol–water partition coefficient (Wildman–Crippen LogP) is 6.49. The van der Waals surface area contributed by atoms with Crippen LogP contribution in [0.4, 0.5) is 17.1 Å². The third-order valence-corrected chi connectivity index (χ3v) is 8.36. The molecule has 0 aromatic heterocycles. The number of carbonyl (C=O) groups excluding carboxylic acids is 1. The lowest BCUT2D eigenvalue weighted by Crippen LogP contribution is -2.29. The van der Waals surface area contributed by atoms with E-state index in [-0.39, 0.29) is 5.91 Å². The summed E-state index contributed by atoms with van der Waals surface area (Å²) in [6, 6.07) is 12.2. The molecule has 2 aliphatic heterocycles. The van der Waals surface area contributed by atoms with Crippen LogP contribution in [0.3, 0.4) is 0 Å². The van der Waals surface area contributed by atoms with Crippen molar-refractivity contribution in [3.05, 3.63) is 56.9 Å². The molecular formula is C24H27ClN4OS2. The number of aryl methyl sites for hydroxylation is 1. The lowest BCUT2D eigenvalue weighted by Gasteiger charge is -2.21. The highest BCUT2D eigenvalue weighted by Crippen LogP contribution is 2.50. The second-order valence-electron chi connectivity index (χ2n) is 7.60. The van der Waals surface area contributed by atoms with Gasteiger partial charge in [-0.3, -0.25) is 9.69 Å². The molecule has 1 saturated heterocycles. The van der Waals surface area contributed by atoms with Crippen molar-refractivity contribution < 1.29 is 4.79 Å². The number of hydrogen-bond acceptors (Lipinski definition) is 6. The van der Waals surface area contributed by atoms with Gasteiger partial charge in [0.15, 0.2) is 5.17 Å². The third kappa shape index (κ3) is 4.14. The molecule has 8 heteroatoms. The Balaban J connectivity index is 1.68. The molecule has 4 rings (SSSR count). The molecule has 0 radical (unpaired) electrons. The smallest absolute Gasteiger partial charge is 0.269 e. The van der Waals surface area contributed by atoms with E-state index >= 15 is 0 Å². The Hall–Kier alpha value is -2.09. The lowest BCUT2D eigenvalue weighted by atomic mass is 10.1. The first-order valence-electron chi connectivity index (χ1n) is 10.8. The maximum atomic E-state index is 13.3. The highest BCUT2D eigenvalue weighted by molar-refractivity contribution is 8.19.